The lowest BCUT2D eigenvalue weighted by Gasteiger charge is -2.61. The molecule has 2 aliphatic heterocycles. The minimum Gasteiger partial charge on any atom is -1.00 e. The number of fused-ring (bicyclic) bond motifs is 1. The smallest absolute Gasteiger partial charge is 0.311 e. The van der Waals surface area contributed by atoms with Crippen LogP contribution in [0.1, 0.15) is 26.7 Å². The van der Waals surface area contributed by atoms with Crippen molar-refractivity contribution < 1.29 is 26.3 Å². The molecule has 2 saturated heterocycles. The first-order valence-corrected chi connectivity index (χ1v) is 5.26. The van der Waals surface area contributed by atoms with Crippen molar-refractivity contribution in [2.75, 3.05) is 26.2 Å². The van der Waals surface area contributed by atoms with Gasteiger partial charge in [0.25, 0.3) is 0 Å². The zero-order valence-electron chi connectivity index (χ0n) is 8.98. The van der Waals surface area contributed by atoms with Crippen LogP contribution in [0.5, 0.6) is 0 Å². The summed E-state index contributed by atoms with van der Waals surface area (Å²) in [5, 5.41) is 3.42. The molecule has 2 atom stereocenters. The van der Waals surface area contributed by atoms with Crippen LogP contribution in [0, 0.1) is 0 Å². The molecule has 0 saturated carbocycles. The Morgan fingerprint density at radius 1 is 1.50 bits per heavy atom. The number of hydrogen-bond acceptors (Lipinski definition) is 2. The highest BCUT2D eigenvalue weighted by atomic mass is 79.9. The van der Waals surface area contributed by atoms with E-state index in [9.17, 15) is 4.79 Å². The number of carbonyl (C=O) groups excluding carboxylic acids is 1. The van der Waals surface area contributed by atoms with Gasteiger partial charge in [0.2, 0.25) is 0 Å². The number of piperazine rings is 1. The van der Waals surface area contributed by atoms with E-state index in [-0.39, 0.29) is 22.5 Å². The lowest BCUT2D eigenvalue weighted by Crippen LogP contribution is -3.00. The molecule has 0 radical (unpaired) electrons. The molecular formula is C10H19BrN2O. The highest BCUT2D eigenvalue weighted by molar-refractivity contribution is 5.67. The van der Waals surface area contributed by atoms with Gasteiger partial charge in [-0.3, -0.25) is 4.48 Å². The Morgan fingerprint density at radius 3 is 2.57 bits per heavy atom. The van der Waals surface area contributed by atoms with Gasteiger partial charge in [-0.05, 0) is 0 Å². The van der Waals surface area contributed by atoms with Gasteiger partial charge >= 0.3 is 5.91 Å². The van der Waals surface area contributed by atoms with Crippen LogP contribution in [-0.4, -0.2) is 42.1 Å². The van der Waals surface area contributed by atoms with Gasteiger partial charge in [0.05, 0.1) is 33.0 Å². The Morgan fingerprint density at radius 2 is 2.21 bits per heavy atom. The second-order valence-corrected chi connectivity index (χ2v) is 4.44. The van der Waals surface area contributed by atoms with Crippen molar-refractivity contribution in [3.8, 4) is 0 Å². The van der Waals surface area contributed by atoms with Crippen molar-refractivity contribution in [3.63, 3.8) is 0 Å². The largest absolute Gasteiger partial charge is 1.00 e. The number of rotatable bonds is 1. The van der Waals surface area contributed by atoms with E-state index in [2.05, 4.69) is 12.2 Å². The van der Waals surface area contributed by atoms with E-state index in [4.69, 9.17) is 0 Å². The van der Waals surface area contributed by atoms with Crippen LogP contribution in [0.2, 0.25) is 0 Å². The Balaban J connectivity index is 0.000000980. The maximum atomic E-state index is 11.7. The van der Waals surface area contributed by atoms with Crippen molar-refractivity contribution in [2.24, 2.45) is 0 Å². The lowest BCUT2D eigenvalue weighted by atomic mass is 9.76. The average molecular weight is 263 g/mol. The molecule has 14 heavy (non-hydrogen) atoms. The maximum Gasteiger partial charge on any atom is 0.311 e. The fourth-order valence-corrected chi connectivity index (χ4v) is 3.13. The first-order chi connectivity index (χ1) is 6.17. The lowest BCUT2D eigenvalue weighted by molar-refractivity contribution is -0.952. The minimum atomic E-state index is 0. The molecule has 2 fully saturated rings. The summed E-state index contributed by atoms with van der Waals surface area (Å²) < 4.78 is 0.760. The number of nitrogens with one attached hydrogen (secondary N) is 1. The third-order valence-electron chi connectivity index (χ3n) is 4.25. The quantitative estimate of drug-likeness (QED) is 0.530. The third kappa shape index (κ3) is 1.27. The molecule has 0 spiro atoms. The molecule has 2 aliphatic rings. The molecule has 1 N–H and O–H groups in total. The predicted octanol–water partition coefficient (Wildman–Crippen LogP) is -2.49. The van der Waals surface area contributed by atoms with Gasteiger partial charge in [0.1, 0.15) is 5.54 Å². The summed E-state index contributed by atoms with van der Waals surface area (Å²) in [6, 6.07) is 0. The molecule has 2 rings (SSSR count). The van der Waals surface area contributed by atoms with E-state index in [0.717, 1.165) is 37.1 Å². The first kappa shape index (κ1) is 12.1. The zero-order valence-corrected chi connectivity index (χ0v) is 10.6. The number of quaternary nitrogens is 1. The normalized spacial score (nSPS) is 40.4. The predicted molar refractivity (Wildman–Crippen MR) is 51.2 cm³/mol. The molecule has 4 heteroatoms. The van der Waals surface area contributed by atoms with E-state index < -0.39 is 0 Å². The number of carbonyl (C=O) groups is 1. The summed E-state index contributed by atoms with van der Waals surface area (Å²) in [5.74, 6) is 0.370. The molecule has 82 valence electrons. The summed E-state index contributed by atoms with van der Waals surface area (Å²) in [6.45, 7) is 8.08. The maximum absolute atomic E-state index is 11.7. The third-order valence-corrected chi connectivity index (χ3v) is 4.25. The fourth-order valence-electron chi connectivity index (χ4n) is 3.13. The van der Waals surface area contributed by atoms with Crippen LogP contribution in [0.3, 0.4) is 0 Å². The molecule has 0 aromatic heterocycles. The Hall–Kier alpha value is 0.0700. The van der Waals surface area contributed by atoms with E-state index in [1.807, 2.05) is 0 Å². The highest BCUT2D eigenvalue weighted by Gasteiger charge is 2.62. The molecule has 3 nitrogen and oxygen atoms in total. The van der Waals surface area contributed by atoms with E-state index >= 15 is 0 Å². The van der Waals surface area contributed by atoms with Gasteiger partial charge < -0.3 is 22.3 Å². The van der Waals surface area contributed by atoms with E-state index in [0.29, 0.717) is 5.91 Å². The highest BCUT2D eigenvalue weighted by Crippen LogP contribution is 2.43. The second-order valence-electron chi connectivity index (χ2n) is 4.44. The van der Waals surface area contributed by atoms with Crippen LogP contribution in [-0.2, 0) is 4.79 Å². The molecule has 0 bridgehead atoms. The Labute approximate surface area is 96.2 Å². The Kier molecular flexibility index (Phi) is 3.39. The van der Waals surface area contributed by atoms with Crippen molar-refractivity contribution in [1.29, 1.82) is 0 Å². The molecule has 0 aliphatic carbocycles. The van der Waals surface area contributed by atoms with Crippen molar-refractivity contribution in [1.82, 2.24) is 5.32 Å². The molecule has 2 unspecified atom stereocenters. The Bertz CT molecular complexity index is 242. The summed E-state index contributed by atoms with van der Waals surface area (Å²) in [6.07, 6.45) is 2.34. The van der Waals surface area contributed by atoms with Gasteiger partial charge in [0.15, 0.2) is 0 Å². The standard InChI is InChI=1S/C10H19N2O.BrH/c1-3-10-4-6-12(10,9(2)13)7-5-11-8-10;/h11H,3-8H2,1-2H3;1H/q+1;/p-1. The average Bonchev–Trinajstić information content (AvgIpc) is 2.07. The van der Waals surface area contributed by atoms with Crippen LogP contribution >= 0.6 is 0 Å². The van der Waals surface area contributed by atoms with Gasteiger partial charge in [-0.25, -0.2) is 4.79 Å². The number of nitrogens with zero attached hydrogens (tertiary/aromatic N) is 1. The fraction of sp³-hybridized carbons (Fsp3) is 0.900. The SMILES string of the molecule is CCC12CC[N+]1(C(C)=O)CCNC2.[Br-]. The topological polar surface area (TPSA) is 29.1 Å². The van der Waals surface area contributed by atoms with Crippen LogP contribution in [0.4, 0.5) is 0 Å². The van der Waals surface area contributed by atoms with Crippen LogP contribution < -0.4 is 22.3 Å². The van der Waals surface area contributed by atoms with Crippen molar-refractivity contribution in [3.05, 3.63) is 0 Å². The second kappa shape index (κ2) is 3.91. The van der Waals surface area contributed by atoms with Crippen LogP contribution in [0.15, 0.2) is 0 Å². The van der Waals surface area contributed by atoms with Gasteiger partial charge in [-0.2, -0.15) is 0 Å². The van der Waals surface area contributed by atoms with Gasteiger partial charge in [-0.15, -0.1) is 0 Å². The zero-order chi connectivity index (χ0) is 9.53. The van der Waals surface area contributed by atoms with Crippen molar-refractivity contribution in [2.45, 2.75) is 32.2 Å². The van der Waals surface area contributed by atoms with Gasteiger partial charge in [-0.1, -0.05) is 6.92 Å². The first-order valence-electron chi connectivity index (χ1n) is 5.26. The van der Waals surface area contributed by atoms with Gasteiger partial charge in [0, 0.05) is 13.0 Å². The minimum absolute atomic E-state index is 0. The number of halogens is 1. The molecule has 0 aromatic carbocycles. The summed E-state index contributed by atoms with van der Waals surface area (Å²) in [5.41, 5.74) is 0.254. The van der Waals surface area contributed by atoms with Crippen molar-refractivity contribution >= 4 is 5.91 Å². The number of amides is 1. The van der Waals surface area contributed by atoms with Crippen LogP contribution in [0.25, 0.3) is 0 Å². The van der Waals surface area contributed by atoms with E-state index in [1.165, 1.54) is 6.42 Å². The molecule has 1 amide bonds. The molecule has 2 heterocycles. The number of hydrogen-bond donors (Lipinski definition) is 1. The summed E-state index contributed by atoms with van der Waals surface area (Å²) in [4.78, 5) is 11.7. The molecule has 0 aromatic rings. The monoisotopic (exact) mass is 262 g/mol. The van der Waals surface area contributed by atoms with E-state index in [1.54, 1.807) is 6.92 Å². The summed E-state index contributed by atoms with van der Waals surface area (Å²) >= 11 is 0. The summed E-state index contributed by atoms with van der Waals surface area (Å²) in [7, 11) is 0. The molecular weight excluding hydrogens is 244 g/mol.